The highest BCUT2D eigenvalue weighted by Gasteiger charge is 2.04. The highest BCUT2D eigenvalue weighted by Crippen LogP contribution is 1.93. The van der Waals surface area contributed by atoms with Crippen molar-refractivity contribution in [2.75, 3.05) is 46.8 Å². The summed E-state index contributed by atoms with van der Waals surface area (Å²) in [4.78, 5) is 9.14. The van der Waals surface area contributed by atoms with Crippen molar-refractivity contribution < 1.29 is 0 Å². The van der Waals surface area contributed by atoms with E-state index in [0.717, 1.165) is 38.7 Å². The maximum absolute atomic E-state index is 4.64. The van der Waals surface area contributed by atoms with Crippen LogP contribution in [0.25, 0.3) is 0 Å². The Morgan fingerprint density at radius 2 is 1.78 bits per heavy atom. The first kappa shape index (κ1) is 20.3. The molecule has 0 spiro atoms. The summed E-state index contributed by atoms with van der Waals surface area (Å²) in [6.07, 6.45) is 2.44. The maximum Gasteiger partial charge on any atom is 0.193 e. The van der Waals surface area contributed by atoms with Crippen molar-refractivity contribution >= 4 is 29.9 Å². The van der Waals surface area contributed by atoms with Gasteiger partial charge in [0, 0.05) is 26.7 Å². The molecule has 0 radical (unpaired) electrons. The van der Waals surface area contributed by atoms with Gasteiger partial charge in [-0.2, -0.15) is 0 Å². The number of halogens is 1. The second kappa shape index (κ2) is 13.4. The second-order valence-corrected chi connectivity index (χ2v) is 4.41. The summed E-state index contributed by atoms with van der Waals surface area (Å²) in [7, 11) is 4.24. The average Bonchev–Trinajstić information content (AvgIpc) is 2.34. The highest BCUT2D eigenvalue weighted by molar-refractivity contribution is 14.0. The van der Waals surface area contributed by atoms with Crippen molar-refractivity contribution in [2.24, 2.45) is 4.99 Å². The van der Waals surface area contributed by atoms with Crippen LogP contribution in [0.15, 0.2) is 4.99 Å². The van der Waals surface area contributed by atoms with Gasteiger partial charge in [0.15, 0.2) is 5.96 Å². The van der Waals surface area contributed by atoms with Crippen LogP contribution in [0.3, 0.4) is 0 Å². The van der Waals surface area contributed by atoms with Crippen molar-refractivity contribution in [3.05, 3.63) is 0 Å². The molecule has 0 saturated heterocycles. The number of aliphatic imine (C=N–C) groups is 1. The van der Waals surface area contributed by atoms with E-state index in [-0.39, 0.29) is 24.0 Å². The Kier molecular flexibility index (Phi) is 15.1. The predicted octanol–water partition coefficient (Wildman–Crippen LogP) is 2.25. The molecule has 0 aromatic carbocycles. The van der Waals surface area contributed by atoms with E-state index in [0.29, 0.717) is 0 Å². The molecular formula is C13H31IN4. The second-order valence-electron chi connectivity index (χ2n) is 4.41. The van der Waals surface area contributed by atoms with Crippen LogP contribution >= 0.6 is 24.0 Å². The van der Waals surface area contributed by atoms with Gasteiger partial charge in [-0.25, -0.2) is 0 Å². The Morgan fingerprint density at radius 3 is 2.28 bits per heavy atom. The minimum atomic E-state index is 0. The average molecular weight is 370 g/mol. The van der Waals surface area contributed by atoms with Gasteiger partial charge in [-0.05, 0) is 26.9 Å². The molecular weight excluding hydrogens is 339 g/mol. The number of unbranched alkanes of at least 4 members (excludes halogenated alkanes) is 1. The van der Waals surface area contributed by atoms with Crippen LogP contribution in [-0.4, -0.2) is 62.6 Å². The molecule has 0 aromatic heterocycles. The minimum absolute atomic E-state index is 0. The summed E-state index contributed by atoms with van der Waals surface area (Å²) in [6.45, 7) is 11.5. The molecule has 1 N–H and O–H groups in total. The molecule has 0 aliphatic heterocycles. The van der Waals surface area contributed by atoms with Gasteiger partial charge >= 0.3 is 0 Å². The summed E-state index contributed by atoms with van der Waals surface area (Å²) in [5.41, 5.74) is 0. The summed E-state index contributed by atoms with van der Waals surface area (Å²) >= 11 is 0. The van der Waals surface area contributed by atoms with Crippen LogP contribution in [0, 0.1) is 0 Å². The highest BCUT2D eigenvalue weighted by atomic mass is 127. The number of likely N-dealkylation sites (N-methyl/N-ethyl adjacent to an activating group) is 1. The van der Waals surface area contributed by atoms with Crippen molar-refractivity contribution in [3.8, 4) is 0 Å². The van der Waals surface area contributed by atoms with E-state index in [9.17, 15) is 0 Å². The van der Waals surface area contributed by atoms with Crippen molar-refractivity contribution in [1.82, 2.24) is 15.1 Å². The SMILES string of the molecule is CCCCN(C)C(=NCCN(C)CC)NCC.I. The lowest BCUT2D eigenvalue weighted by atomic mass is 10.3. The van der Waals surface area contributed by atoms with Crippen LogP contribution in [-0.2, 0) is 0 Å². The summed E-state index contributed by atoms with van der Waals surface area (Å²) in [5, 5.41) is 3.34. The molecule has 0 saturated carbocycles. The molecule has 0 atom stereocenters. The first-order valence-corrected chi connectivity index (χ1v) is 6.83. The van der Waals surface area contributed by atoms with Crippen LogP contribution in [0.4, 0.5) is 0 Å². The lowest BCUT2D eigenvalue weighted by Gasteiger charge is -2.22. The molecule has 0 fully saturated rings. The third-order valence-electron chi connectivity index (χ3n) is 2.83. The molecule has 0 aromatic rings. The molecule has 5 heteroatoms. The standard InChI is InChI=1S/C13H30N4.HI/c1-6-9-11-17(5)13(14-7-2)15-10-12-16(4)8-3;/h6-12H2,1-5H3,(H,14,15);1H. The zero-order valence-corrected chi connectivity index (χ0v) is 15.0. The first-order chi connectivity index (χ1) is 8.15. The fourth-order valence-corrected chi connectivity index (χ4v) is 1.46. The Bertz CT molecular complexity index is 209. The van der Waals surface area contributed by atoms with E-state index in [1.54, 1.807) is 0 Å². The number of rotatable bonds is 8. The molecule has 0 bridgehead atoms. The van der Waals surface area contributed by atoms with Crippen LogP contribution in [0.2, 0.25) is 0 Å². The number of guanidine groups is 1. The molecule has 0 amide bonds. The Morgan fingerprint density at radius 1 is 1.11 bits per heavy atom. The van der Waals surface area contributed by atoms with Crippen molar-refractivity contribution in [2.45, 2.75) is 33.6 Å². The van der Waals surface area contributed by atoms with E-state index in [4.69, 9.17) is 0 Å². The number of hydrogen-bond acceptors (Lipinski definition) is 2. The fraction of sp³-hybridized carbons (Fsp3) is 0.923. The third-order valence-corrected chi connectivity index (χ3v) is 2.83. The molecule has 0 unspecified atom stereocenters. The van der Waals surface area contributed by atoms with Gasteiger partial charge in [-0.15, -0.1) is 24.0 Å². The molecule has 0 rings (SSSR count). The predicted molar refractivity (Wildman–Crippen MR) is 92.1 cm³/mol. The maximum atomic E-state index is 4.64. The van der Waals surface area contributed by atoms with Crippen LogP contribution < -0.4 is 5.32 Å². The molecule has 4 nitrogen and oxygen atoms in total. The number of hydrogen-bond donors (Lipinski definition) is 1. The minimum Gasteiger partial charge on any atom is -0.357 e. The fourth-order valence-electron chi connectivity index (χ4n) is 1.46. The van der Waals surface area contributed by atoms with Gasteiger partial charge in [0.2, 0.25) is 0 Å². The monoisotopic (exact) mass is 370 g/mol. The van der Waals surface area contributed by atoms with Crippen molar-refractivity contribution in [3.63, 3.8) is 0 Å². The van der Waals surface area contributed by atoms with Crippen LogP contribution in [0.5, 0.6) is 0 Å². The summed E-state index contributed by atoms with van der Waals surface area (Å²) in [6, 6.07) is 0. The molecule has 0 aliphatic rings. The molecule has 110 valence electrons. The van der Waals surface area contributed by atoms with Gasteiger partial charge in [0.05, 0.1) is 6.54 Å². The largest absolute Gasteiger partial charge is 0.357 e. The molecule has 0 aliphatic carbocycles. The Hall–Kier alpha value is -0.0400. The number of nitrogens with zero attached hydrogens (tertiary/aromatic N) is 3. The Labute approximate surface area is 130 Å². The van der Waals surface area contributed by atoms with Gasteiger partial charge in [0.1, 0.15) is 0 Å². The van der Waals surface area contributed by atoms with E-state index in [1.165, 1.54) is 12.8 Å². The van der Waals surface area contributed by atoms with E-state index < -0.39 is 0 Å². The summed E-state index contributed by atoms with van der Waals surface area (Å²) in [5.74, 6) is 1.03. The van der Waals surface area contributed by atoms with E-state index in [2.05, 4.69) is 55.0 Å². The van der Waals surface area contributed by atoms with Crippen LogP contribution in [0.1, 0.15) is 33.6 Å². The smallest absolute Gasteiger partial charge is 0.193 e. The van der Waals surface area contributed by atoms with E-state index >= 15 is 0 Å². The van der Waals surface area contributed by atoms with Crippen molar-refractivity contribution in [1.29, 1.82) is 0 Å². The van der Waals surface area contributed by atoms with Gasteiger partial charge in [0.25, 0.3) is 0 Å². The topological polar surface area (TPSA) is 30.9 Å². The Balaban J connectivity index is 0. The summed E-state index contributed by atoms with van der Waals surface area (Å²) < 4.78 is 0. The third kappa shape index (κ3) is 9.94. The zero-order chi connectivity index (χ0) is 13.1. The normalized spacial score (nSPS) is 11.3. The number of nitrogens with one attached hydrogen (secondary N) is 1. The lowest BCUT2D eigenvalue weighted by Crippen LogP contribution is -2.39. The first-order valence-electron chi connectivity index (χ1n) is 6.83. The lowest BCUT2D eigenvalue weighted by molar-refractivity contribution is 0.361. The zero-order valence-electron chi connectivity index (χ0n) is 12.7. The quantitative estimate of drug-likeness (QED) is 0.404. The van der Waals surface area contributed by atoms with Gasteiger partial charge in [-0.3, -0.25) is 4.99 Å². The van der Waals surface area contributed by atoms with Gasteiger partial charge < -0.3 is 15.1 Å². The molecule has 0 heterocycles. The van der Waals surface area contributed by atoms with Gasteiger partial charge in [-0.1, -0.05) is 20.3 Å². The molecule has 18 heavy (non-hydrogen) atoms. The van der Waals surface area contributed by atoms with E-state index in [1.807, 2.05) is 0 Å².